The van der Waals surface area contributed by atoms with Crippen LogP contribution in [0.15, 0.2) is 47.4 Å². The fourth-order valence-corrected chi connectivity index (χ4v) is 3.95. The summed E-state index contributed by atoms with van der Waals surface area (Å²) in [6.07, 6.45) is 1.99. The van der Waals surface area contributed by atoms with Crippen molar-refractivity contribution >= 4 is 35.1 Å². The average Bonchev–Trinajstić information content (AvgIpc) is 2.89. The van der Waals surface area contributed by atoms with Gasteiger partial charge in [0.25, 0.3) is 0 Å². The lowest BCUT2D eigenvalue weighted by Crippen LogP contribution is -2.28. The lowest BCUT2D eigenvalue weighted by molar-refractivity contribution is -0.115. The predicted octanol–water partition coefficient (Wildman–Crippen LogP) is 4.47. The normalized spacial score (nSPS) is 18.0. The molecule has 1 aliphatic heterocycles. The Hall–Kier alpha value is -1.53. The second-order valence-corrected chi connectivity index (χ2v) is 6.74. The van der Waals surface area contributed by atoms with Gasteiger partial charge in [0.05, 0.1) is 11.4 Å². The smallest absolute Gasteiger partial charge is 0.238 e. The molecule has 0 bridgehead atoms. The topological polar surface area (TPSA) is 20.3 Å². The summed E-state index contributed by atoms with van der Waals surface area (Å²) < 4.78 is 27.1. The Morgan fingerprint density at radius 2 is 1.91 bits per heavy atom. The largest absolute Gasteiger partial charge is 0.292 e. The second-order valence-electron chi connectivity index (χ2n) is 4.80. The van der Waals surface area contributed by atoms with Crippen molar-refractivity contribution in [1.82, 2.24) is 0 Å². The number of nitrogens with zero attached hydrogens (tertiary/aromatic N) is 1. The lowest BCUT2D eigenvalue weighted by Gasteiger charge is -2.24. The summed E-state index contributed by atoms with van der Waals surface area (Å²) in [6.45, 7) is 0. The second kappa shape index (κ2) is 6.30. The molecule has 114 valence electrons. The van der Waals surface area contributed by atoms with E-state index in [0.717, 1.165) is 16.5 Å². The third-order valence-electron chi connectivity index (χ3n) is 3.44. The van der Waals surface area contributed by atoms with Crippen LogP contribution in [0.4, 0.5) is 14.5 Å². The predicted molar refractivity (Wildman–Crippen MR) is 87.3 cm³/mol. The van der Waals surface area contributed by atoms with E-state index in [0.29, 0.717) is 0 Å². The fraction of sp³-hybridized carbons (Fsp3) is 0.188. The number of anilines is 1. The quantitative estimate of drug-likeness (QED) is 0.771. The highest BCUT2D eigenvalue weighted by Crippen LogP contribution is 2.42. The molecular weight excluding hydrogens is 324 g/mol. The van der Waals surface area contributed by atoms with Crippen molar-refractivity contribution in [3.8, 4) is 0 Å². The molecule has 0 saturated carbocycles. The number of hydrogen-bond acceptors (Lipinski definition) is 3. The maximum absolute atomic E-state index is 14.0. The Morgan fingerprint density at radius 1 is 1.18 bits per heavy atom. The van der Waals surface area contributed by atoms with Crippen LogP contribution in [0, 0.1) is 11.6 Å². The molecule has 0 radical (unpaired) electrons. The Balaban J connectivity index is 1.98. The minimum atomic E-state index is -0.721. The molecule has 2 nitrogen and oxygen atoms in total. The minimum absolute atomic E-state index is 0.121. The maximum Gasteiger partial charge on any atom is 0.238 e. The summed E-state index contributed by atoms with van der Waals surface area (Å²) in [7, 11) is 0. The fourth-order valence-electron chi connectivity index (χ4n) is 2.38. The molecule has 1 amide bonds. The molecule has 0 spiro atoms. The van der Waals surface area contributed by atoms with E-state index in [1.165, 1.54) is 28.8 Å². The number of amides is 1. The van der Waals surface area contributed by atoms with E-state index >= 15 is 0 Å². The molecule has 1 saturated heterocycles. The van der Waals surface area contributed by atoms with E-state index in [2.05, 4.69) is 0 Å². The van der Waals surface area contributed by atoms with Crippen molar-refractivity contribution in [1.29, 1.82) is 0 Å². The van der Waals surface area contributed by atoms with E-state index in [1.807, 2.05) is 30.5 Å². The van der Waals surface area contributed by atoms with Gasteiger partial charge in [-0.2, -0.15) is 0 Å². The summed E-state index contributed by atoms with van der Waals surface area (Å²) in [6, 6.07) is 11.1. The number of carbonyl (C=O) groups is 1. The first-order valence-corrected chi connectivity index (χ1v) is 8.90. The molecule has 1 unspecified atom stereocenters. The van der Waals surface area contributed by atoms with Gasteiger partial charge in [0.2, 0.25) is 5.91 Å². The monoisotopic (exact) mass is 337 g/mol. The van der Waals surface area contributed by atoms with Crippen LogP contribution in [-0.4, -0.2) is 17.9 Å². The first-order valence-electron chi connectivity index (χ1n) is 6.63. The van der Waals surface area contributed by atoms with Crippen molar-refractivity contribution in [2.45, 2.75) is 10.3 Å². The minimum Gasteiger partial charge on any atom is -0.292 e. The van der Waals surface area contributed by atoms with Crippen LogP contribution < -0.4 is 4.90 Å². The molecule has 0 aromatic heterocycles. The summed E-state index contributed by atoms with van der Waals surface area (Å²) in [5, 5.41) is -0.289. The summed E-state index contributed by atoms with van der Waals surface area (Å²) in [5.74, 6) is -1.26. The van der Waals surface area contributed by atoms with Gasteiger partial charge in [-0.25, -0.2) is 8.78 Å². The van der Waals surface area contributed by atoms with Gasteiger partial charge in [0.1, 0.15) is 17.0 Å². The van der Waals surface area contributed by atoms with Crippen LogP contribution in [0.25, 0.3) is 0 Å². The van der Waals surface area contributed by atoms with Gasteiger partial charge >= 0.3 is 0 Å². The Bertz CT molecular complexity index is 706. The van der Waals surface area contributed by atoms with Crippen LogP contribution in [0.5, 0.6) is 0 Å². The van der Waals surface area contributed by atoms with Crippen LogP contribution >= 0.6 is 23.5 Å². The van der Waals surface area contributed by atoms with Crippen LogP contribution in [-0.2, 0) is 4.79 Å². The molecule has 1 aliphatic rings. The van der Waals surface area contributed by atoms with Gasteiger partial charge in [0, 0.05) is 11.0 Å². The van der Waals surface area contributed by atoms with Gasteiger partial charge in [-0.05, 0) is 36.1 Å². The van der Waals surface area contributed by atoms with E-state index in [9.17, 15) is 13.6 Å². The zero-order valence-corrected chi connectivity index (χ0v) is 13.4. The average molecular weight is 337 g/mol. The molecule has 0 N–H and O–H groups in total. The van der Waals surface area contributed by atoms with Gasteiger partial charge in [0.15, 0.2) is 0 Å². The molecule has 1 fully saturated rings. The molecule has 22 heavy (non-hydrogen) atoms. The highest BCUT2D eigenvalue weighted by molar-refractivity contribution is 8.00. The molecule has 1 atom stereocenters. The number of carbonyl (C=O) groups excluding carboxylic acids is 1. The summed E-state index contributed by atoms with van der Waals surface area (Å²) >= 11 is 3.07. The van der Waals surface area contributed by atoms with Crippen molar-refractivity contribution in [2.24, 2.45) is 0 Å². The van der Waals surface area contributed by atoms with Crippen LogP contribution in [0.3, 0.4) is 0 Å². The van der Waals surface area contributed by atoms with Crippen LogP contribution in [0.1, 0.15) is 10.9 Å². The Labute approximate surface area is 135 Å². The van der Waals surface area contributed by atoms with Gasteiger partial charge in [-0.1, -0.05) is 12.1 Å². The highest BCUT2D eigenvalue weighted by Gasteiger charge is 2.35. The highest BCUT2D eigenvalue weighted by atomic mass is 32.2. The third-order valence-corrected chi connectivity index (χ3v) is 5.39. The van der Waals surface area contributed by atoms with E-state index in [1.54, 1.807) is 11.8 Å². The van der Waals surface area contributed by atoms with Crippen molar-refractivity contribution in [2.75, 3.05) is 16.9 Å². The molecular formula is C16H13F2NOS2. The number of benzene rings is 2. The van der Waals surface area contributed by atoms with Crippen LogP contribution in [0.2, 0.25) is 0 Å². The number of rotatable bonds is 3. The lowest BCUT2D eigenvalue weighted by atomic mass is 10.2. The SMILES string of the molecule is CSc1ccc(C2SCC(=O)N2c2ccc(F)cc2F)cc1. The third kappa shape index (κ3) is 2.85. The van der Waals surface area contributed by atoms with Crippen molar-refractivity contribution in [3.05, 3.63) is 59.7 Å². The van der Waals surface area contributed by atoms with E-state index in [4.69, 9.17) is 0 Å². The van der Waals surface area contributed by atoms with E-state index in [-0.39, 0.29) is 22.7 Å². The Morgan fingerprint density at radius 3 is 2.55 bits per heavy atom. The van der Waals surface area contributed by atoms with Crippen molar-refractivity contribution in [3.63, 3.8) is 0 Å². The number of thioether (sulfide) groups is 2. The molecule has 2 aromatic carbocycles. The molecule has 1 heterocycles. The molecule has 3 rings (SSSR count). The van der Waals surface area contributed by atoms with E-state index < -0.39 is 11.6 Å². The zero-order chi connectivity index (χ0) is 15.7. The number of hydrogen-bond donors (Lipinski definition) is 0. The Kier molecular flexibility index (Phi) is 4.40. The first kappa shape index (κ1) is 15.4. The summed E-state index contributed by atoms with van der Waals surface area (Å²) in [4.78, 5) is 14.7. The first-order chi connectivity index (χ1) is 10.6. The molecule has 2 aromatic rings. The van der Waals surface area contributed by atoms with Gasteiger partial charge in [-0.3, -0.25) is 9.69 Å². The molecule has 0 aliphatic carbocycles. The standard InChI is InChI=1S/C16H13F2NOS2/c1-21-12-5-2-10(3-6-12)16-19(15(20)9-22-16)14-7-4-11(17)8-13(14)18/h2-8,16H,9H2,1H3. The number of halogens is 2. The maximum atomic E-state index is 14.0. The van der Waals surface area contributed by atoms with Crippen molar-refractivity contribution < 1.29 is 13.6 Å². The summed E-state index contributed by atoms with van der Waals surface area (Å²) in [5.41, 5.74) is 1.05. The van der Waals surface area contributed by atoms with Gasteiger partial charge in [-0.15, -0.1) is 23.5 Å². The molecule has 6 heteroatoms. The van der Waals surface area contributed by atoms with Gasteiger partial charge < -0.3 is 0 Å². The zero-order valence-electron chi connectivity index (χ0n) is 11.8.